The average molecular weight is 230 g/mol. The minimum Gasteiger partial charge on any atom is -0.399 e. The van der Waals surface area contributed by atoms with Gasteiger partial charge in [0.1, 0.15) is 0 Å². The number of nitrogens with zero attached hydrogens (tertiary/aromatic N) is 2. The molecule has 0 radical (unpaired) electrons. The summed E-state index contributed by atoms with van der Waals surface area (Å²) < 4.78 is 0. The Morgan fingerprint density at radius 2 is 2.06 bits per heavy atom. The topological polar surface area (TPSA) is 75.0 Å². The molecule has 0 aliphatic carbocycles. The molecule has 0 atom stereocenters. The highest BCUT2D eigenvalue weighted by Gasteiger charge is 2.10. The van der Waals surface area contributed by atoms with Crippen molar-refractivity contribution in [2.75, 3.05) is 19.8 Å². The molecule has 1 amide bonds. The molecule has 0 unspecified atom stereocenters. The first-order valence-corrected chi connectivity index (χ1v) is 5.19. The van der Waals surface area contributed by atoms with Crippen molar-refractivity contribution >= 4 is 11.6 Å². The van der Waals surface area contributed by atoms with Crippen LogP contribution in [0.1, 0.15) is 10.4 Å². The van der Waals surface area contributed by atoms with Crippen molar-refractivity contribution in [3.63, 3.8) is 0 Å². The highest BCUT2D eigenvalue weighted by Crippen LogP contribution is 2.23. The molecule has 88 valence electrons. The molecule has 3 N–H and O–H groups in total. The summed E-state index contributed by atoms with van der Waals surface area (Å²) in [5, 5.41) is 6.61. The molecule has 0 fully saturated rings. The number of amides is 1. The Morgan fingerprint density at radius 1 is 1.29 bits per heavy atom. The first kappa shape index (κ1) is 11.2. The zero-order chi connectivity index (χ0) is 12.4. The van der Waals surface area contributed by atoms with E-state index in [4.69, 9.17) is 5.73 Å². The van der Waals surface area contributed by atoms with E-state index >= 15 is 0 Å². The van der Waals surface area contributed by atoms with E-state index in [1.165, 1.54) is 4.90 Å². The van der Waals surface area contributed by atoms with E-state index in [2.05, 4.69) is 10.2 Å². The molecule has 1 aromatic heterocycles. The number of rotatable bonds is 2. The Morgan fingerprint density at radius 3 is 2.65 bits per heavy atom. The first-order chi connectivity index (χ1) is 8.08. The molecule has 0 saturated carbocycles. The van der Waals surface area contributed by atoms with Crippen molar-refractivity contribution < 1.29 is 4.79 Å². The van der Waals surface area contributed by atoms with Gasteiger partial charge in [-0.2, -0.15) is 5.10 Å². The number of benzene rings is 1. The fourth-order valence-electron chi connectivity index (χ4n) is 1.61. The van der Waals surface area contributed by atoms with Crippen LogP contribution < -0.4 is 5.73 Å². The van der Waals surface area contributed by atoms with Gasteiger partial charge in [-0.15, -0.1) is 0 Å². The molecule has 1 heterocycles. The van der Waals surface area contributed by atoms with E-state index in [0.717, 1.165) is 11.1 Å². The van der Waals surface area contributed by atoms with Crippen LogP contribution in [0.4, 0.5) is 5.69 Å². The van der Waals surface area contributed by atoms with Crippen LogP contribution in [0.5, 0.6) is 0 Å². The van der Waals surface area contributed by atoms with Gasteiger partial charge in [-0.1, -0.05) is 0 Å². The maximum absolute atomic E-state index is 11.9. The molecule has 0 saturated heterocycles. The van der Waals surface area contributed by atoms with Crippen molar-refractivity contribution in [1.82, 2.24) is 15.1 Å². The number of hydrogen-bond acceptors (Lipinski definition) is 3. The second-order valence-corrected chi connectivity index (χ2v) is 4.03. The molecule has 0 spiro atoms. The van der Waals surface area contributed by atoms with Crippen molar-refractivity contribution in [3.05, 3.63) is 36.2 Å². The summed E-state index contributed by atoms with van der Waals surface area (Å²) in [7, 11) is 3.42. The number of aromatic nitrogens is 2. The molecule has 2 rings (SSSR count). The lowest BCUT2D eigenvalue weighted by Crippen LogP contribution is -2.21. The van der Waals surface area contributed by atoms with Gasteiger partial charge in [-0.05, 0) is 23.8 Å². The molecule has 0 bridgehead atoms. The Kier molecular flexibility index (Phi) is 2.82. The van der Waals surface area contributed by atoms with Crippen molar-refractivity contribution in [2.24, 2.45) is 0 Å². The van der Waals surface area contributed by atoms with E-state index in [9.17, 15) is 4.79 Å². The number of H-pyrrole nitrogens is 1. The number of aromatic amines is 1. The number of nitrogen functional groups attached to an aromatic ring is 1. The summed E-state index contributed by atoms with van der Waals surface area (Å²) in [6, 6.07) is 5.30. The predicted molar refractivity (Wildman–Crippen MR) is 66.5 cm³/mol. The third-order valence-electron chi connectivity index (χ3n) is 2.44. The number of carbonyl (C=O) groups is 1. The van der Waals surface area contributed by atoms with Gasteiger partial charge in [0.15, 0.2) is 0 Å². The second-order valence-electron chi connectivity index (χ2n) is 4.03. The van der Waals surface area contributed by atoms with Crippen LogP contribution in [0.3, 0.4) is 0 Å². The molecule has 17 heavy (non-hydrogen) atoms. The molecule has 5 nitrogen and oxygen atoms in total. The van der Waals surface area contributed by atoms with Gasteiger partial charge in [0, 0.05) is 37.1 Å². The molecular formula is C12H14N4O. The molecule has 5 heteroatoms. The summed E-state index contributed by atoms with van der Waals surface area (Å²) in [5.41, 5.74) is 8.73. The normalized spacial score (nSPS) is 10.2. The fourth-order valence-corrected chi connectivity index (χ4v) is 1.61. The number of anilines is 1. The quantitative estimate of drug-likeness (QED) is 0.765. The van der Waals surface area contributed by atoms with E-state index in [1.807, 2.05) is 12.1 Å². The fraction of sp³-hybridized carbons (Fsp3) is 0.167. The number of nitrogens with two attached hydrogens (primary N) is 1. The van der Waals surface area contributed by atoms with Gasteiger partial charge < -0.3 is 10.6 Å². The first-order valence-electron chi connectivity index (χ1n) is 5.19. The summed E-state index contributed by atoms with van der Waals surface area (Å²) in [5.74, 6) is -0.0676. The minimum absolute atomic E-state index is 0.0676. The lowest BCUT2D eigenvalue weighted by atomic mass is 10.0. The summed E-state index contributed by atoms with van der Waals surface area (Å²) >= 11 is 0. The Labute approximate surface area is 99.2 Å². The van der Waals surface area contributed by atoms with Crippen LogP contribution in [-0.2, 0) is 0 Å². The minimum atomic E-state index is -0.0676. The molecule has 1 aromatic carbocycles. The summed E-state index contributed by atoms with van der Waals surface area (Å²) in [6.07, 6.45) is 3.46. The molecule has 2 aromatic rings. The third-order valence-corrected chi connectivity index (χ3v) is 2.44. The van der Waals surface area contributed by atoms with Crippen molar-refractivity contribution in [3.8, 4) is 11.1 Å². The number of carbonyl (C=O) groups excluding carboxylic acids is 1. The third kappa shape index (κ3) is 2.28. The molecule has 0 aliphatic rings. The van der Waals surface area contributed by atoms with Crippen LogP contribution in [0, 0.1) is 0 Å². The molecular weight excluding hydrogens is 216 g/mol. The summed E-state index contributed by atoms with van der Waals surface area (Å²) in [4.78, 5) is 13.4. The van der Waals surface area contributed by atoms with E-state index in [1.54, 1.807) is 32.6 Å². The van der Waals surface area contributed by atoms with Gasteiger partial charge >= 0.3 is 0 Å². The van der Waals surface area contributed by atoms with E-state index in [-0.39, 0.29) is 5.91 Å². The lowest BCUT2D eigenvalue weighted by molar-refractivity contribution is 0.0827. The van der Waals surface area contributed by atoms with Crippen molar-refractivity contribution in [1.29, 1.82) is 0 Å². The van der Waals surface area contributed by atoms with Crippen LogP contribution in [0.2, 0.25) is 0 Å². The zero-order valence-corrected chi connectivity index (χ0v) is 9.77. The van der Waals surface area contributed by atoms with Gasteiger partial charge in [-0.25, -0.2) is 0 Å². The van der Waals surface area contributed by atoms with Crippen LogP contribution in [0.15, 0.2) is 30.6 Å². The second kappa shape index (κ2) is 4.29. The number of hydrogen-bond donors (Lipinski definition) is 2. The van der Waals surface area contributed by atoms with Crippen molar-refractivity contribution in [2.45, 2.75) is 0 Å². The maximum Gasteiger partial charge on any atom is 0.253 e. The smallest absolute Gasteiger partial charge is 0.253 e. The largest absolute Gasteiger partial charge is 0.399 e. The van der Waals surface area contributed by atoms with Gasteiger partial charge in [0.05, 0.1) is 6.20 Å². The Balaban J connectivity index is 2.47. The highest BCUT2D eigenvalue weighted by molar-refractivity contribution is 5.96. The standard InChI is InChI=1S/C12H14N4O/c1-16(2)12(17)9-3-8(4-11(13)5-9)10-6-14-15-7-10/h3-7H,13H2,1-2H3,(H,14,15). The lowest BCUT2D eigenvalue weighted by Gasteiger charge is -2.11. The average Bonchev–Trinajstić information content (AvgIpc) is 2.80. The summed E-state index contributed by atoms with van der Waals surface area (Å²) in [6.45, 7) is 0. The van der Waals surface area contributed by atoms with Gasteiger partial charge in [0.25, 0.3) is 5.91 Å². The van der Waals surface area contributed by atoms with Crippen LogP contribution in [-0.4, -0.2) is 35.1 Å². The van der Waals surface area contributed by atoms with Crippen LogP contribution in [0.25, 0.3) is 11.1 Å². The maximum atomic E-state index is 11.9. The monoisotopic (exact) mass is 230 g/mol. The SMILES string of the molecule is CN(C)C(=O)c1cc(N)cc(-c2cn[nH]c2)c1. The predicted octanol–water partition coefficient (Wildman–Crippen LogP) is 1.36. The van der Waals surface area contributed by atoms with Gasteiger partial charge in [0.2, 0.25) is 0 Å². The highest BCUT2D eigenvalue weighted by atomic mass is 16.2. The Hall–Kier alpha value is -2.30. The molecule has 0 aliphatic heterocycles. The van der Waals surface area contributed by atoms with Gasteiger partial charge in [-0.3, -0.25) is 9.89 Å². The van der Waals surface area contributed by atoms with Crippen LogP contribution >= 0.6 is 0 Å². The van der Waals surface area contributed by atoms with E-state index in [0.29, 0.717) is 11.3 Å². The van der Waals surface area contributed by atoms with E-state index < -0.39 is 0 Å². The zero-order valence-electron chi connectivity index (χ0n) is 9.77. The number of nitrogens with one attached hydrogen (secondary N) is 1. The Bertz CT molecular complexity index is 531.